The van der Waals surface area contributed by atoms with Gasteiger partial charge in [-0.05, 0) is 50.6 Å². The standard InChI is InChI=1S/C23H27N3O6S.C22H25N3O7S.Na/c1-10-18-17(12(3)28)22(30)26(18)19(23(31)32)20(10)33-15-8-16(24-9-15)21(29)25-14-6-4-5-13(7-14)11(2)27;1-9-16-15(10(2)26)20(28)25(16)17(22(31)32)18(9)33-13-7-14(23-8-13)19(27)24-12-5-3-4-11(6-12)21(29)30;/h4-7,10,12,15-18,24,27-28H,2,8-9H2,1,3H3,(H,25,29)(H,31,32);3-6,9-10,13-16,23,26H,7-8H2,1-2H3,(H,24,27)(H,29,30)(H,31,32);/q;;+1/p+1/t10-,12-,15+,16+,17-,18-;9-,10-,13+,14+,15-,16-;/m11./s1. The number of thioether (sulfide) groups is 2. The quantitative estimate of drug-likeness (QED) is 0.0597. The van der Waals surface area contributed by atoms with Gasteiger partial charge < -0.3 is 61.7 Å². The Balaban J connectivity index is 0.000000218. The minimum Gasteiger partial charge on any atom is -0.508 e. The molecule has 4 amide bonds. The van der Waals surface area contributed by atoms with Gasteiger partial charge in [0.15, 0.2) is 6.04 Å². The summed E-state index contributed by atoms with van der Waals surface area (Å²) in [7, 11) is 0. The second kappa shape index (κ2) is 20.9. The van der Waals surface area contributed by atoms with E-state index in [1.54, 1.807) is 50.2 Å². The zero-order valence-electron chi connectivity index (χ0n) is 37.4. The summed E-state index contributed by atoms with van der Waals surface area (Å²) in [4.78, 5) is 89.3. The van der Waals surface area contributed by atoms with Gasteiger partial charge in [0, 0.05) is 56.8 Å². The van der Waals surface area contributed by atoms with Gasteiger partial charge in [0.2, 0.25) is 17.7 Å². The number of anilines is 2. The molecule has 0 unspecified atom stereocenters. The van der Waals surface area contributed by atoms with Crippen LogP contribution < -0.4 is 50.8 Å². The fourth-order valence-electron chi connectivity index (χ4n) is 9.78. The number of β-lactam (4-membered cyclic amide) rings is 2. The number of carbonyl (C=O) groups is 7. The first-order valence-electron chi connectivity index (χ1n) is 21.5. The zero-order chi connectivity index (χ0) is 48.0. The molecule has 0 bridgehead atoms. The number of nitrogens with zero attached hydrogens (tertiary/aromatic N) is 2. The maximum atomic E-state index is 12.7. The Kier molecular flexibility index (Phi) is 16.1. The number of carbonyl (C=O) groups excluding carboxylic acids is 4. The van der Waals surface area contributed by atoms with Crippen LogP contribution in [-0.2, 0) is 28.8 Å². The van der Waals surface area contributed by atoms with Crippen LogP contribution in [0, 0.1) is 23.7 Å². The summed E-state index contributed by atoms with van der Waals surface area (Å²) < 4.78 is 0. The molecule has 4 saturated heterocycles. The molecule has 67 heavy (non-hydrogen) atoms. The van der Waals surface area contributed by atoms with Crippen molar-refractivity contribution in [3.8, 4) is 0 Å². The molecule has 19 nitrogen and oxygen atoms in total. The number of quaternary nitrogens is 1. The van der Waals surface area contributed by atoms with E-state index in [1.165, 1.54) is 45.5 Å². The number of aromatic carboxylic acids is 1. The third kappa shape index (κ3) is 10.2. The number of hydrogen-bond acceptors (Lipinski definition) is 13. The molecule has 2 aromatic carbocycles. The molecular formula is C45H53N6NaO13S2+2. The fraction of sp³-hybridized carbons (Fsp3) is 0.444. The first-order chi connectivity index (χ1) is 31.2. The Hall–Kier alpha value is -4.71. The zero-order valence-corrected chi connectivity index (χ0v) is 41.0. The molecule has 2 aromatic rings. The number of benzene rings is 2. The first-order valence-corrected chi connectivity index (χ1v) is 23.3. The van der Waals surface area contributed by atoms with E-state index in [0.29, 0.717) is 52.7 Å². The van der Waals surface area contributed by atoms with E-state index < -0.39 is 54.0 Å². The number of aliphatic carboxylic acids is 2. The van der Waals surface area contributed by atoms with Gasteiger partial charge in [-0.1, -0.05) is 38.6 Å². The number of fused-ring (bicyclic) bond motifs is 2. The topological polar surface area (TPSA) is 300 Å². The van der Waals surface area contributed by atoms with Crippen LogP contribution in [-0.4, -0.2) is 142 Å². The molecule has 8 rings (SSSR count). The number of carboxylic acids is 3. The summed E-state index contributed by atoms with van der Waals surface area (Å²) in [5, 5.41) is 68.7. The van der Waals surface area contributed by atoms with Gasteiger partial charge in [-0.2, -0.15) is 0 Å². The van der Waals surface area contributed by atoms with E-state index in [2.05, 4.69) is 22.5 Å². The van der Waals surface area contributed by atoms with Crippen molar-refractivity contribution in [1.82, 2.24) is 15.1 Å². The normalized spacial score (nSPS) is 29.0. The van der Waals surface area contributed by atoms with Crippen molar-refractivity contribution < 1.29 is 99.1 Å². The number of amides is 4. The Bertz CT molecular complexity index is 2280. The van der Waals surface area contributed by atoms with E-state index >= 15 is 0 Å². The van der Waals surface area contributed by atoms with E-state index in [0.717, 1.165) is 0 Å². The molecular weight excluding hydrogens is 920 g/mol. The summed E-state index contributed by atoms with van der Waals surface area (Å²) in [5.41, 5.74) is 1.51. The maximum absolute atomic E-state index is 12.7. The predicted molar refractivity (Wildman–Crippen MR) is 242 cm³/mol. The molecule has 6 heterocycles. The Morgan fingerprint density at radius 2 is 1.21 bits per heavy atom. The van der Waals surface area contributed by atoms with Crippen molar-refractivity contribution in [2.45, 2.75) is 87.4 Å². The van der Waals surface area contributed by atoms with Crippen LogP contribution in [0.25, 0.3) is 5.76 Å². The molecule has 0 spiro atoms. The van der Waals surface area contributed by atoms with Gasteiger partial charge in [-0.3, -0.25) is 19.2 Å². The average Bonchev–Trinajstić information content (AvgIpc) is 4.02. The van der Waals surface area contributed by atoms with E-state index in [-0.39, 0.29) is 110 Å². The largest absolute Gasteiger partial charge is 1.00 e. The smallest absolute Gasteiger partial charge is 0.508 e. The van der Waals surface area contributed by atoms with Gasteiger partial charge in [0.05, 0.1) is 59.5 Å². The number of rotatable bonds is 14. The van der Waals surface area contributed by atoms with E-state index in [1.807, 2.05) is 19.2 Å². The molecule has 0 radical (unpaired) electrons. The minimum atomic E-state index is -1.17. The molecule has 11 N–H and O–H groups in total. The summed E-state index contributed by atoms with van der Waals surface area (Å²) in [6.07, 6.45) is -0.710. The molecule has 12 atom stereocenters. The van der Waals surface area contributed by atoms with Crippen molar-refractivity contribution in [2.75, 3.05) is 23.7 Å². The molecule has 352 valence electrons. The molecule has 22 heteroatoms. The van der Waals surface area contributed by atoms with Gasteiger partial charge in [0.1, 0.15) is 17.2 Å². The number of aliphatic hydroxyl groups excluding tert-OH is 3. The molecule has 6 aliphatic rings. The van der Waals surface area contributed by atoms with Crippen molar-refractivity contribution in [2.24, 2.45) is 23.7 Å². The van der Waals surface area contributed by atoms with E-state index in [4.69, 9.17) is 5.11 Å². The molecule has 0 aliphatic carbocycles. The van der Waals surface area contributed by atoms with Crippen LogP contribution in [0.4, 0.5) is 11.4 Å². The number of nitrogens with two attached hydrogens (primary N) is 1. The summed E-state index contributed by atoms with van der Waals surface area (Å²) in [6, 6.07) is 11.2. The number of nitrogens with one attached hydrogen (secondary N) is 3. The Morgan fingerprint density at radius 1 is 0.731 bits per heavy atom. The first kappa shape index (κ1) is 51.7. The predicted octanol–water partition coefficient (Wildman–Crippen LogP) is -1.31. The van der Waals surface area contributed by atoms with Gasteiger partial charge >= 0.3 is 47.5 Å². The number of hydrogen-bond donors (Lipinski definition) is 10. The van der Waals surface area contributed by atoms with Gasteiger partial charge in [0.25, 0.3) is 5.91 Å². The summed E-state index contributed by atoms with van der Waals surface area (Å²) in [5.74, 6) is -6.32. The van der Waals surface area contributed by atoms with Crippen molar-refractivity contribution in [3.05, 3.63) is 87.4 Å². The third-order valence-corrected chi connectivity index (χ3v) is 16.0. The van der Waals surface area contributed by atoms with Crippen LogP contribution >= 0.6 is 23.5 Å². The molecule has 6 aliphatic heterocycles. The molecule has 4 fully saturated rings. The fourth-order valence-corrected chi connectivity index (χ4v) is 12.8. The van der Waals surface area contributed by atoms with Gasteiger partial charge in [-0.15, -0.1) is 23.5 Å². The second-order valence-electron chi connectivity index (χ2n) is 17.4. The average molecular weight is 973 g/mol. The maximum Gasteiger partial charge on any atom is 1.00 e. The van der Waals surface area contributed by atoms with Gasteiger partial charge in [-0.25, -0.2) is 14.4 Å². The SMILES string of the molecule is C=C(O)c1cccc(NC(=O)[C@@H]2C[C@H](SC3=C(C(=O)O)N4C(=O)[C@H]([C@@H](C)O)[C@H]4[C@H]3C)CN2)c1.C[C@@H](O)[C@H]1C(=O)N2C(C(=O)O)=C(S[C@@H]3C[NH2+][C@H](C(=O)Nc4cccc(C(=O)O)c4)C3)[C@H](C)[C@H]12.[Na+]. The Labute approximate surface area is 416 Å². The molecule has 0 saturated carbocycles. The second-order valence-corrected chi connectivity index (χ2v) is 20.1. The summed E-state index contributed by atoms with van der Waals surface area (Å²) in [6.45, 7) is 11.4. The van der Waals surface area contributed by atoms with Crippen molar-refractivity contribution in [1.29, 1.82) is 0 Å². The minimum absolute atomic E-state index is 0. The van der Waals surface area contributed by atoms with E-state index in [9.17, 15) is 59.1 Å². The van der Waals surface area contributed by atoms with Crippen LogP contribution in [0.2, 0.25) is 0 Å². The van der Waals surface area contributed by atoms with Crippen LogP contribution in [0.3, 0.4) is 0 Å². The van der Waals surface area contributed by atoms with Crippen LogP contribution in [0.5, 0.6) is 0 Å². The number of carboxylic acid groups (broad SMARTS) is 3. The van der Waals surface area contributed by atoms with Crippen LogP contribution in [0.1, 0.15) is 56.5 Å². The molecule has 0 aromatic heterocycles. The third-order valence-electron chi connectivity index (χ3n) is 13.0. The van der Waals surface area contributed by atoms with Crippen molar-refractivity contribution in [3.63, 3.8) is 0 Å². The monoisotopic (exact) mass is 972 g/mol. The number of aliphatic hydroxyl groups is 3. The van der Waals surface area contributed by atoms with Crippen LogP contribution in [0.15, 0.2) is 76.3 Å². The Morgan fingerprint density at radius 3 is 1.69 bits per heavy atom. The van der Waals surface area contributed by atoms with Crippen molar-refractivity contribution >= 4 is 82.2 Å². The summed E-state index contributed by atoms with van der Waals surface area (Å²) >= 11 is 2.78.